The van der Waals surface area contributed by atoms with Gasteiger partial charge in [0.2, 0.25) is 0 Å². The molecule has 7 aromatic rings. The quantitative estimate of drug-likeness (QED) is 0.155. The minimum Gasteiger partial charge on any atom is -0.256 e. The van der Waals surface area contributed by atoms with Crippen LogP contribution in [0.3, 0.4) is 0 Å². The fraction of sp³-hybridized carbons (Fsp3) is 0.143. The molecular formula is C42H18F18N6. The lowest BCUT2D eigenvalue weighted by molar-refractivity contribution is -0.138. The lowest BCUT2D eigenvalue weighted by Crippen LogP contribution is -2.11. The number of rotatable bonds is 6. The zero-order chi connectivity index (χ0) is 48.4. The van der Waals surface area contributed by atoms with Gasteiger partial charge in [-0.3, -0.25) is 29.9 Å². The first-order valence-corrected chi connectivity index (χ1v) is 18.0. The highest BCUT2D eigenvalue weighted by molar-refractivity contribution is 6.13. The summed E-state index contributed by atoms with van der Waals surface area (Å²) in [6.45, 7) is 0. The molecule has 24 heteroatoms. The fourth-order valence-corrected chi connectivity index (χ4v) is 6.75. The van der Waals surface area contributed by atoms with Crippen LogP contribution >= 0.6 is 0 Å². The normalized spacial score (nSPS) is 13.0. The molecule has 66 heavy (non-hydrogen) atoms. The number of pyridine rings is 6. The number of nitrogens with zero attached hydrogens (tertiary/aromatic N) is 6. The van der Waals surface area contributed by atoms with Crippen LogP contribution in [0.2, 0.25) is 0 Å². The Bertz CT molecular complexity index is 2430. The molecule has 0 saturated carbocycles. The third-order valence-electron chi connectivity index (χ3n) is 9.56. The largest absolute Gasteiger partial charge is 0.416 e. The van der Waals surface area contributed by atoms with Gasteiger partial charge < -0.3 is 0 Å². The van der Waals surface area contributed by atoms with E-state index in [2.05, 4.69) is 29.9 Å². The smallest absolute Gasteiger partial charge is 0.256 e. The molecule has 0 unspecified atom stereocenters. The second-order valence-electron chi connectivity index (χ2n) is 13.8. The van der Waals surface area contributed by atoms with Crippen LogP contribution in [0.15, 0.2) is 110 Å². The molecule has 1 aromatic carbocycles. The summed E-state index contributed by atoms with van der Waals surface area (Å²) >= 11 is 0. The zero-order valence-electron chi connectivity index (χ0n) is 31.9. The van der Waals surface area contributed by atoms with Gasteiger partial charge in [0, 0.05) is 70.6 Å². The summed E-state index contributed by atoms with van der Waals surface area (Å²) in [6, 6.07) is 3.32. The predicted octanol–water partition coefficient (Wildman–Crippen LogP) is 14.2. The maximum absolute atomic E-state index is 14.5. The van der Waals surface area contributed by atoms with Gasteiger partial charge in [0.1, 0.15) is 0 Å². The van der Waals surface area contributed by atoms with Crippen LogP contribution in [0.25, 0.3) is 67.5 Å². The Kier molecular flexibility index (Phi) is 11.6. The monoisotopic (exact) mass is 948 g/mol. The summed E-state index contributed by atoms with van der Waals surface area (Å²) in [5, 5.41) is 0. The highest BCUT2D eigenvalue weighted by atomic mass is 19.4. The number of hydrogen-bond donors (Lipinski definition) is 0. The van der Waals surface area contributed by atoms with Crippen molar-refractivity contribution in [1.29, 1.82) is 0 Å². The summed E-state index contributed by atoms with van der Waals surface area (Å²) in [5.41, 5.74) is -22.8. The average molecular weight is 949 g/mol. The van der Waals surface area contributed by atoms with Crippen LogP contribution in [0.1, 0.15) is 33.4 Å². The van der Waals surface area contributed by atoms with Crippen molar-refractivity contribution >= 4 is 0 Å². The maximum atomic E-state index is 14.5. The van der Waals surface area contributed by atoms with Crippen LogP contribution in [-0.2, 0) is 37.1 Å². The Hall–Kier alpha value is -7.14. The average Bonchev–Trinajstić information content (AvgIpc) is 3.24. The van der Waals surface area contributed by atoms with Crippen LogP contribution in [-0.4, -0.2) is 29.9 Å². The van der Waals surface area contributed by atoms with E-state index in [0.29, 0.717) is 73.6 Å². The van der Waals surface area contributed by atoms with E-state index in [-0.39, 0.29) is 36.4 Å². The van der Waals surface area contributed by atoms with Crippen molar-refractivity contribution in [3.63, 3.8) is 0 Å². The number of aromatic nitrogens is 6. The molecule has 0 spiro atoms. The molecule has 6 aromatic heterocycles. The SMILES string of the molecule is FC(F)(F)c1ccnc(-c2c(-c3cc(C(F)(F)F)ccn3)c(-c3cc(C(F)(F)F)ccn3)c(-c3cc(C(F)(F)F)ccn3)c(-c3cc(C(F)(F)F)ccn3)c2-c2cc(C(F)(F)F)ccn2)c1. The Morgan fingerprint density at radius 2 is 0.333 bits per heavy atom. The Morgan fingerprint density at radius 3 is 0.439 bits per heavy atom. The van der Waals surface area contributed by atoms with Crippen molar-refractivity contribution in [3.8, 4) is 67.5 Å². The number of benzene rings is 1. The molecule has 0 radical (unpaired) electrons. The molecule has 0 fully saturated rings. The second kappa shape index (κ2) is 16.4. The van der Waals surface area contributed by atoms with Gasteiger partial charge in [0.05, 0.1) is 67.5 Å². The Balaban J connectivity index is 1.92. The molecule has 0 bridgehead atoms. The topological polar surface area (TPSA) is 77.3 Å². The Labute approximate surface area is 356 Å². The van der Waals surface area contributed by atoms with Crippen LogP contribution < -0.4 is 0 Å². The summed E-state index contributed by atoms with van der Waals surface area (Å²) in [7, 11) is 0. The number of hydrogen-bond acceptors (Lipinski definition) is 6. The molecule has 0 atom stereocenters. The van der Waals surface area contributed by atoms with Crippen LogP contribution in [0.4, 0.5) is 79.0 Å². The summed E-state index contributed by atoms with van der Waals surface area (Å²) < 4.78 is 261. The summed E-state index contributed by atoms with van der Waals surface area (Å²) in [5.74, 6) is 0. The minimum atomic E-state index is -5.32. The molecule has 0 aliphatic rings. The van der Waals surface area contributed by atoms with Crippen molar-refractivity contribution in [3.05, 3.63) is 143 Å². The predicted molar refractivity (Wildman–Crippen MR) is 196 cm³/mol. The lowest BCUT2D eigenvalue weighted by atomic mass is 9.78. The highest BCUT2D eigenvalue weighted by Crippen LogP contribution is 2.56. The lowest BCUT2D eigenvalue weighted by Gasteiger charge is -2.27. The van der Waals surface area contributed by atoms with Gasteiger partial charge in [-0.15, -0.1) is 0 Å². The van der Waals surface area contributed by atoms with Crippen LogP contribution in [0.5, 0.6) is 0 Å². The molecular weight excluding hydrogens is 930 g/mol. The minimum absolute atomic E-state index is 0.193. The van der Waals surface area contributed by atoms with E-state index < -0.39 is 138 Å². The third-order valence-corrected chi connectivity index (χ3v) is 9.56. The first-order chi connectivity index (χ1) is 30.5. The number of alkyl halides is 18. The van der Waals surface area contributed by atoms with E-state index in [1.807, 2.05) is 0 Å². The molecule has 0 aliphatic heterocycles. The summed E-state index contributed by atoms with van der Waals surface area (Å²) in [6.07, 6.45) is -29.2. The van der Waals surface area contributed by atoms with Crippen molar-refractivity contribution in [2.24, 2.45) is 0 Å². The fourth-order valence-electron chi connectivity index (χ4n) is 6.75. The molecule has 7 rings (SSSR count). The molecule has 6 heterocycles. The van der Waals surface area contributed by atoms with E-state index in [9.17, 15) is 79.0 Å². The van der Waals surface area contributed by atoms with Gasteiger partial charge in [-0.25, -0.2) is 0 Å². The molecule has 0 N–H and O–H groups in total. The van der Waals surface area contributed by atoms with Crippen molar-refractivity contribution in [1.82, 2.24) is 29.9 Å². The summed E-state index contributed by atoms with van der Waals surface area (Å²) in [4.78, 5) is 23.4. The number of halogens is 18. The third kappa shape index (κ3) is 9.47. The Morgan fingerprint density at radius 1 is 0.212 bits per heavy atom. The van der Waals surface area contributed by atoms with Crippen molar-refractivity contribution < 1.29 is 79.0 Å². The van der Waals surface area contributed by atoms with E-state index in [1.54, 1.807) is 0 Å². The molecule has 0 saturated heterocycles. The first kappa shape index (κ1) is 46.8. The van der Waals surface area contributed by atoms with E-state index in [0.717, 1.165) is 0 Å². The molecule has 0 aliphatic carbocycles. The van der Waals surface area contributed by atoms with Gasteiger partial charge in [0.25, 0.3) is 0 Å². The zero-order valence-corrected chi connectivity index (χ0v) is 31.9. The van der Waals surface area contributed by atoms with Gasteiger partial charge in [-0.2, -0.15) is 79.0 Å². The van der Waals surface area contributed by atoms with Gasteiger partial charge in [-0.1, -0.05) is 0 Å². The molecule has 6 nitrogen and oxygen atoms in total. The molecule has 0 amide bonds. The van der Waals surface area contributed by atoms with Crippen molar-refractivity contribution in [2.45, 2.75) is 37.1 Å². The van der Waals surface area contributed by atoms with Gasteiger partial charge >= 0.3 is 37.1 Å². The second-order valence-corrected chi connectivity index (χ2v) is 13.8. The highest BCUT2D eigenvalue weighted by Gasteiger charge is 2.40. The first-order valence-electron chi connectivity index (χ1n) is 18.0. The van der Waals surface area contributed by atoms with E-state index in [4.69, 9.17) is 0 Å². The van der Waals surface area contributed by atoms with Crippen molar-refractivity contribution in [2.75, 3.05) is 0 Å². The van der Waals surface area contributed by atoms with E-state index in [1.165, 1.54) is 0 Å². The standard InChI is InChI=1S/C42H18F18N6/c43-37(44,45)19-1-7-61-25(13-19)31-32(26-14-20(2-8-62-26)38(46,47)48)34(28-16-22(4-10-64-28)40(52,53)54)36(30-18-24(6-12-66-30)42(58,59)60)35(29-17-23(5-11-65-29)41(55,56)57)33(31)27-15-21(3-9-63-27)39(49,50)51/h1-18H. The molecule has 342 valence electrons. The maximum Gasteiger partial charge on any atom is 0.416 e. The van der Waals surface area contributed by atoms with Gasteiger partial charge in [0.15, 0.2) is 0 Å². The van der Waals surface area contributed by atoms with Gasteiger partial charge in [-0.05, 0) is 72.8 Å². The van der Waals surface area contributed by atoms with E-state index >= 15 is 0 Å². The van der Waals surface area contributed by atoms with Crippen LogP contribution in [0, 0.1) is 0 Å².